The summed E-state index contributed by atoms with van der Waals surface area (Å²) in [6.07, 6.45) is 3.28. The molecule has 0 atom stereocenters. The van der Waals surface area contributed by atoms with Gasteiger partial charge in [-0.15, -0.1) is 0 Å². The lowest BCUT2D eigenvalue weighted by atomic mass is 10.0. The fourth-order valence-electron chi connectivity index (χ4n) is 1.69. The normalized spacial score (nSPS) is 17.4. The minimum Gasteiger partial charge on any atom is -0.370 e. The van der Waals surface area contributed by atoms with Gasteiger partial charge in [-0.25, -0.2) is 0 Å². The van der Waals surface area contributed by atoms with Crippen LogP contribution in [0.4, 0.5) is 0 Å². The van der Waals surface area contributed by atoms with Crippen molar-refractivity contribution in [3.05, 3.63) is 35.4 Å². The standard InChI is InChI=1S/C12H16N2O/c13-11(15)6-3-9-1-4-10(5-2-9)12(14)7-8-12/h1-2,4-5H,3,6-8,14H2,(H2,13,15). The number of hydrogen-bond donors (Lipinski definition) is 2. The van der Waals surface area contributed by atoms with Gasteiger partial charge in [-0.3, -0.25) is 4.79 Å². The van der Waals surface area contributed by atoms with Crippen molar-refractivity contribution < 1.29 is 4.79 Å². The fourth-order valence-corrected chi connectivity index (χ4v) is 1.69. The highest BCUT2D eigenvalue weighted by Gasteiger charge is 2.39. The Bertz CT molecular complexity index is 366. The molecule has 0 saturated heterocycles. The molecule has 0 unspecified atom stereocenters. The summed E-state index contributed by atoms with van der Waals surface area (Å²) in [5.41, 5.74) is 13.4. The van der Waals surface area contributed by atoms with Crippen LogP contribution in [-0.4, -0.2) is 5.91 Å². The van der Waals surface area contributed by atoms with E-state index >= 15 is 0 Å². The Hall–Kier alpha value is -1.35. The van der Waals surface area contributed by atoms with Crippen LogP contribution >= 0.6 is 0 Å². The Morgan fingerprint density at radius 2 is 1.87 bits per heavy atom. The highest BCUT2D eigenvalue weighted by Crippen LogP contribution is 2.42. The smallest absolute Gasteiger partial charge is 0.217 e. The Labute approximate surface area is 89.5 Å². The fraction of sp³-hybridized carbons (Fsp3) is 0.417. The van der Waals surface area contributed by atoms with Gasteiger partial charge in [0.1, 0.15) is 0 Å². The second kappa shape index (κ2) is 3.66. The van der Waals surface area contributed by atoms with Crippen molar-refractivity contribution in [2.24, 2.45) is 11.5 Å². The zero-order valence-corrected chi connectivity index (χ0v) is 8.70. The van der Waals surface area contributed by atoms with Gasteiger partial charge in [0.2, 0.25) is 5.91 Å². The lowest BCUT2D eigenvalue weighted by Gasteiger charge is -2.09. The van der Waals surface area contributed by atoms with E-state index in [2.05, 4.69) is 12.1 Å². The monoisotopic (exact) mass is 204 g/mol. The molecule has 80 valence electrons. The number of amides is 1. The highest BCUT2D eigenvalue weighted by atomic mass is 16.1. The minimum atomic E-state index is -0.253. The van der Waals surface area contributed by atoms with Gasteiger partial charge < -0.3 is 11.5 Å². The van der Waals surface area contributed by atoms with E-state index in [1.807, 2.05) is 12.1 Å². The van der Waals surface area contributed by atoms with E-state index in [1.54, 1.807) is 0 Å². The zero-order valence-electron chi connectivity index (χ0n) is 8.70. The summed E-state index contributed by atoms with van der Waals surface area (Å²) in [6, 6.07) is 8.18. The molecule has 1 aromatic carbocycles. The molecule has 1 aliphatic rings. The van der Waals surface area contributed by atoms with E-state index in [0.29, 0.717) is 12.8 Å². The maximum Gasteiger partial charge on any atom is 0.217 e. The molecule has 4 N–H and O–H groups in total. The highest BCUT2D eigenvalue weighted by molar-refractivity contribution is 5.74. The molecular formula is C12H16N2O. The van der Waals surface area contributed by atoms with Gasteiger partial charge in [0.05, 0.1) is 0 Å². The van der Waals surface area contributed by atoms with Gasteiger partial charge in [-0.1, -0.05) is 24.3 Å². The molecule has 0 radical (unpaired) electrons. The molecule has 3 nitrogen and oxygen atoms in total. The van der Waals surface area contributed by atoms with Crippen LogP contribution in [0.25, 0.3) is 0 Å². The summed E-state index contributed by atoms with van der Waals surface area (Å²) in [6.45, 7) is 0. The summed E-state index contributed by atoms with van der Waals surface area (Å²) in [4.78, 5) is 10.6. The first-order valence-corrected chi connectivity index (χ1v) is 5.27. The van der Waals surface area contributed by atoms with Crippen LogP contribution < -0.4 is 11.5 Å². The topological polar surface area (TPSA) is 69.1 Å². The second-order valence-corrected chi connectivity index (χ2v) is 4.32. The molecule has 3 heteroatoms. The van der Waals surface area contributed by atoms with Crippen molar-refractivity contribution >= 4 is 5.91 Å². The number of nitrogens with two attached hydrogens (primary N) is 2. The summed E-state index contributed by atoms with van der Waals surface area (Å²) in [5.74, 6) is -0.253. The number of carbonyl (C=O) groups excluding carboxylic acids is 1. The minimum absolute atomic E-state index is 0.0672. The molecule has 0 bridgehead atoms. The number of aryl methyl sites for hydroxylation is 1. The van der Waals surface area contributed by atoms with E-state index in [1.165, 1.54) is 5.56 Å². The van der Waals surface area contributed by atoms with Crippen LogP contribution in [0.2, 0.25) is 0 Å². The molecule has 0 aliphatic heterocycles. The third-order valence-corrected chi connectivity index (χ3v) is 2.98. The van der Waals surface area contributed by atoms with Crippen LogP contribution in [0.3, 0.4) is 0 Å². The molecule has 1 aromatic rings. The third kappa shape index (κ3) is 2.36. The molecule has 1 amide bonds. The molecular weight excluding hydrogens is 188 g/mol. The quantitative estimate of drug-likeness (QED) is 0.769. The van der Waals surface area contributed by atoms with Crippen LogP contribution in [0.5, 0.6) is 0 Å². The number of carbonyl (C=O) groups is 1. The number of benzene rings is 1. The molecule has 0 aromatic heterocycles. The average molecular weight is 204 g/mol. The Kier molecular flexibility index (Phi) is 2.49. The van der Waals surface area contributed by atoms with Gasteiger partial charge in [-0.2, -0.15) is 0 Å². The number of primary amides is 1. The molecule has 0 heterocycles. The van der Waals surface area contributed by atoms with Gasteiger partial charge in [-0.05, 0) is 30.4 Å². The Morgan fingerprint density at radius 1 is 1.27 bits per heavy atom. The van der Waals surface area contributed by atoms with Gasteiger partial charge in [0, 0.05) is 12.0 Å². The largest absolute Gasteiger partial charge is 0.370 e. The first-order valence-electron chi connectivity index (χ1n) is 5.27. The third-order valence-electron chi connectivity index (χ3n) is 2.98. The van der Waals surface area contributed by atoms with Crippen LogP contribution in [0.15, 0.2) is 24.3 Å². The molecule has 2 rings (SSSR count). The predicted octanol–water partition coefficient (Wildman–Crippen LogP) is 1.05. The summed E-state index contributed by atoms with van der Waals surface area (Å²) in [7, 11) is 0. The SMILES string of the molecule is NC(=O)CCc1ccc(C2(N)CC2)cc1. The van der Waals surface area contributed by atoms with E-state index in [9.17, 15) is 4.79 Å². The second-order valence-electron chi connectivity index (χ2n) is 4.32. The summed E-state index contributed by atoms with van der Waals surface area (Å²) in [5, 5.41) is 0. The zero-order chi connectivity index (χ0) is 10.9. The van der Waals surface area contributed by atoms with E-state index in [0.717, 1.165) is 18.4 Å². The molecule has 1 fully saturated rings. The first kappa shape index (κ1) is 10.2. The van der Waals surface area contributed by atoms with Crippen molar-refractivity contribution in [2.75, 3.05) is 0 Å². The van der Waals surface area contributed by atoms with Gasteiger partial charge >= 0.3 is 0 Å². The van der Waals surface area contributed by atoms with Crippen molar-refractivity contribution in [1.29, 1.82) is 0 Å². The van der Waals surface area contributed by atoms with E-state index in [-0.39, 0.29) is 11.4 Å². The van der Waals surface area contributed by atoms with Crippen molar-refractivity contribution in [1.82, 2.24) is 0 Å². The molecule has 15 heavy (non-hydrogen) atoms. The van der Waals surface area contributed by atoms with Crippen LogP contribution in [0.1, 0.15) is 30.4 Å². The molecule has 0 spiro atoms. The Balaban J connectivity index is 2.01. The van der Waals surface area contributed by atoms with Crippen molar-refractivity contribution in [3.8, 4) is 0 Å². The maximum absolute atomic E-state index is 10.6. The lowest BCUT2D eigenvalue weighted by Crippen LogP contribution is -2.18. The number of hydrogen-bond acceptors (Lipinski definition) is 2. The summed E-state index contributed by atoms with van der Waals surface area (Å²) >= 11 is 0. The molecule has 1 saturated carbocycles. The molecule has 1 aliphatic carbocycles. The predicted molar refractivity (Wildman–Crippen MR) is 59.1 cm³/mol. The lowest BCUT2D eigenvalue weighted by molar-refractivity contribution is -0.117. The Morgan fingerprint density at radius 3 is 2.33 bits per heavy atom. The van der Waals surface area contributed by atoms with Gasteiger partial charge in [0.15, 0.2) is 0 Å². The number of rotatable bonds is 4. The van der Waals surface area contributed by atoms with Gasteiger partial charge in [0.25, 0.3) is 0 Å². The summed E-state index contributed by atoms with van der Waals surface area (Å²) < 4.78 is 0. The van der Waals surface area contributed by atoms with E-state index in [4.69, 9.17) is 11.5 Å². The average Bonchev–Trinajstić information content (AvgIpc) is 2.96. The van der Waals surface area contributed by atoms with Crippen LogP contribution in [0, 0.1) is 0 Å². The van der Waals surface area contributed by atoms with Crippen molar-refractivity contribution in [3.63, 3.8) is 0 Å². The first-order chi connectivity index (χ1) is 7.10. The maximum atomic E-state index is 10.6. The van der Waals surface area contributed by atoms with Crippen molar-refractivity contribution in [2.45, 2.75) is 31.2 Å². The van der Waals surface area contributed by atoms with E-state index < -0.39 is 0 Å². The van der Waals surface area contributed by atoms with Crippen LogP contribution in [-0.2, 0) is 16.8 Å².